The smallest absolute Gasteiger partial charge is 0.0891 e. The van der Waals surface area contributed by atoms with Crippen LogP contribution >= 0.6 is 0 Å². The van der Waals surface area contributed by atoms with Crippen LogP contribution in [0.3, 0.4) is 0 Å². The first-order valence-electron chi connectivity index (χ1n) is 2.18. The lowest BCUT2D eigenvalue weighted by atomic mass is 10.6. The van der Waals surface area contributed by atoms with E-state index in [4.69, 9.17) is 0 Å². The maximum atomic E-state index is 10.7. The van der Waals surface area contributed by atoms with Gasteiger partial charge in [0.2, 0.25) is 0 Å². The van der Waals surface area contributed by atoms with E-state index in [1.54, 1.807) is 6.92 Å². The van der Waals surface area contributed by atoms with E-state index in [0.29, 0.717) is 6.42 Å². The summed E-state index contributed by atoms with van der Waals surface area (Å²) in [6.07, 6.45) is 0.653. The zero-order valence-corrected chi connectivity index (χ0v) is 4.71. The molecule has 0 nitrogen and oxygen atoms in total. The van der Waals surface area contributed by atoms with E-state index < -0.39 is 0 Å². The molecule has 0 unspecified atom stereocenters. The Kier molecular flexibility index (Phi) is 24.8. The minimum Gasteiger partial charge on any atom is -0.251 e. The normalized spacial score (nSPS) is 5.43. The van der Waals surface area contributed by atoms with Crippen LogP contribution in [-0.4, -0.2) is 6.67 Å². The maximum absolute atomic E-state index is 10.7. The molecule has 0 atom stereocenters. The predicted molar refractivity (Wildman–Crippen MR) is 31.0 cm³/mol. The summed E-state index contributed by atoms with van der Waals surface area (Å²) in [6.45, 7) is 7.88. The molecule has 0 aromatic heterocycles. The van der Waals surface area contributed by atoms with E-state index in [0.717, 1.165) is 0 Å². The second-order valence-electron chi connectivity index (χ2n) is 0.939. The zero-order chi connectivity index (χ0) is 6.12. The second-order valence-corrected chi connectivity index (χ2v) is 0.939. The minimum absolute atomic E-state index is 0.181. The molecule has 0 spiro atoms. The Labute approximate surface area is 44.4 Å². The van der Waals surface area contributed by atoms with Crippen LogP contribution in [0.5, 0.6) is 0 Å². The average molecular weight is 102 g/mol. The maximum Gasteiger partial charge on any atom is 0.0891 e. The van der Waals surface area contributed by atoms with E-state index in [1.807, 2.05) is 0 Å². The van der Waals surface area contributed by atoms with Gasteiger partial charge in [-0.2, -0.15) is 0 Å². The van der Waals surface area contributed by atoms with Gasteiger partial charge in [0.25, 0.3) is 0 Å². The molecule has 42 valence electrons. The third-order valence-electron chi connectivity index (χ3n) is 0.189. The van der Waals surface area contributed by atoms with Crippen LogP contribution in [0.15, 0.2) is 18.9 Å². The van der Waals surface area contributed by atoms with Crippen LogP contribution in [0, 0.1) is 0 Å². The van der Waals surface area contributed by atoms with Gasteiger partial charge in [0, 0.05) is 0 Å². The van der Waals surface area contributed by atoms with Crippen molar-refractivity contribution in [1.82, 2.24) is 0 Å². The lowest BCUT2D eigenvalue weighted by molar-refractivity contribution is 0.487. The summed E-state index contributed by atoms with van der Waals surface area (Å²) in [4.78, 5) is 0. The van der Waals surface area contributed by atoms with Crippen LogP contribution < -0.4 is 0 Å². The number of alkyl halides is 1. The first-order chi connectivity index (χ1) is 3.33. The van der Waals surface area contributed by atoms with E-state index in [9.17, 15) is 4.39 Å². The van der Waals surface area contributed by atoms with Gasteiger partial charge in [-0.25, -0.2) is 0 Å². The molecule has 0 aromatic carbocycles. The Morgan fingerprint density at radius 2 is 1.71 bits per heavy atom. The fraction of sp³-hybridized carbons (Fsp3) is 0.500. The largest absolute Gasteiger partial charge is 0.251 e. The molecule has 0 aromatic rings. The average Bonchev–Trinajstić information content (AvgIpc) is 1.69. The molecule has 0 saturated carbocycles. The highest BCUT2D eigenvalue weighted by atomic mass is 19.1. The Morgan fingerprint density at radius 3 is 1.71 bits per heavy atom. The highest BCUT2D eigenvalue weighted by molar-refractivity contribution is 4.51. The van der Waals surface area contributed by atoms with Gasteiger partial charge in [-0.1, -0.05) is 20.1 Å². The lowest BCUT2D eigenvalue weighted by Gasteiger charge is -1.64. The third-order valence-corrected chi connectivity index (χ3v) is 0.189. The summed E-state index contributed by atoms with van der Waals surface area (Å²) in [5.74, 6) is 0. The molecule has 0 aliphatic heterocycles. The van der Waals surface area contributed by atoms with Gasteiger partial charge >= 0.3 is 0 Å². The van der Waals surface area contributed by atoms with Crippen molar-refractivity contribution >= 4 is 0 Å². The van der Waals surface area contributed by atoms with Crippen LogP contribution in [0.1, 0.15) is 13.3 Å². The predicted octanol–water partition coefficient (Wildman–Crippen LogP) is 2.32. The summed E-state index contributed by atoms with van der Waals surface area (Å²) in [5.41, 5.74) is 2.25. The summed E-state index contributed by atoms with van der Waals surface area (Å²) < 4.78 is 10.7. The molecule has 0 aliphatic rings. The summed E-state index contributed by atoms with van der Waals surface area (Å²) in [6, 6.07) is 0. The third kappa shape index (κ3) is 320. The molecule has 7 heavy (non-hydrogen) atoms. The molecule has 0 N–H and O–H groups in total. The van der Waals surface area contributed by atoms with E-state index >= 15 is 0 Å². The first kappa shape index (κ1) is 9.67. The highest BCUT2D eigenvalue weighted by Crippen LogP contribution is 1.69. The Hall–Kier alpha value is -0.550. The molecule has 0 radical (unpaired) electrons. The molecule has 1 heteroatoms. The second kappa shape index (κ2) is 18.0. The Bertz CT molecular complexity index is 40.1. The van der Waals surface area contributed by atoms with Crippen molar-refractivity contribution in [1.29, 1.82) is 0 Å². The van der Waals surface area contributed by atoms with Crippen molar-refractivity contribution < 1.29 is 4.39 Å². The van der Waals surface area contributed by atoms with Gasteiger partial charge in [0.15, 0.2) is 0 Å². The topological polar surface area (TPSA) is 0 Å². The number of rotatable bonds is 1. The van der Waals surface area contributed by atoms with Crippen LogP contribution in [-0.2, 0) is 0 Å². The number of hydrogen-bond acceptors (Lipinski definition) is 0. The molecule has 0 rings (SSSR count). The van der Waals surface area contributed by atoms with Crippen LogP contribution in [0.25, 0.3) is 0 Å². The minimum atomic E-state index is -0.181. The molecule has 0 aliphatic carbocycles. The highest BCUT2D eigenvalue weighted by Gasteiger charge is 1.60. The van der Waals surface area contributed by atoms with Crippen molar-refractivity contribution in [3.8, 4) is 0 Å². The SMILES string of the molecule is C=C=C.CCCF. The molecular formula is C6H11F. The van der Waals surface area contributed by atoms with Gasteiger partial charge in [0.05, 0.1) is 6.67 Å². The molecule has 0 saturated heterocycles. The lowest BCUT2D eigenvalue weighted by Crippen LogP contribution is -1.58. The fourth-order valence-corrected chi connectivity index (χ4v) is 0. The standard InChI is InChI=1S/C3H7F.C3H4/c1-2-3-4;1-3-2/h2-3H2,1H3;1-2H2. The zero-order valence-electron chi connectivity index (χ0n) is 4.71. The van der Waals surface area contributed by atoms with Crippen LogP contribution in [0.2, 0.25) is 0 Å². The summed E-state index contributed by atoms with van der Waals surface area (Å²) >= 11 is 0. The van der Waals surface area contributed by atoms with E-state index in [-0.39, 0.29) is 6.67 Å². The number of halogens is 1. The summed E-state index contributed by atoms with van der Waals surface area (Å²) in [7, 11) is 0. The quantitative estimate of drug-likeness (QED) is 0.446. The molecule has 0 heterocycles. The molecule has 0 fully saturated rings. The van der Waals surface area contributed by atoms with Crippen molar-refractivity contribution in [3.05, 3.63) is 18.9 Å². The Balaban J connectivity index is 0. The van der Waals surface area contributed by atoms with Crippen molar-refractivity contribution in [3.63, 3.8) is 0 Å². The monoisotopic (exact) mass is 102 g/mol. The van der Waals surface area contributed by atoms with Gasteiger partial charge in [0.1, 0.15) is 0 Å². The van der Waals surface area contributed by atoms with Crippen molar-refractivity contribution in [2.24, 2.45) is 0 Å². The fourth-order valence-electron chi connectivity index (χ4n) is 0. The van der Waals surface area contributed by atoms with Crippen molar-refractivity contribution in [2.45, 2.75) is 13.3 Å². The van der Waals surface area contributed by atoms with Gasteiger partial charge in [-0.3, -0.25) is 4.39 Å². The summed E-state index contributed by atoms with van der Waals surface area (Å²) in [5, 5.41) is 0. The van der Waals surface area contributed by atoms with Gasteiger partial charge < -0.3 is 0 Å². The van der Waals surface area contributed by atoms with Crippen LogP contribution in [0.4, 0.5) is 4.39 Å². The first-order valence-corrected chi connectivity index (χ1v) is 2.18. The number of hydrogen-bond donors (Lipinski definition) is 0. The Morgan fingerprint density at radius 1 is 1.57 bits per heavy atom. The van der Waals surface area contributed by atoms with Gasteiger partial charge in [-0.15, -0.1) is 5.73 Å². The van der Waals surface area contributed by atoms with E-state index in [1.165, 1.54) is 0 Å². The molecular weight excluding hydrogens is 91.1 g/mol. The van der Waals surface area contributed by atoms with Crippen molar-refractivity contribution in [2.75, 3.05) is 6.67 Å². The molecule has 0 bridgehead atoms. The van der Waals surface area contributed by atoms with E-state index in [2.05, 4.69) is 18.9 Å². The molecule has 0 amide bonds. The van der Waals surface area contributed by atoms with Gasteiger partial charge in [-0.05, 0) is 6.42 Å².